The Balaban J connectivity index is 2.25. The van der Waals surface area contributed by atoms with Crippen LogP contribution in [0.3, 0.4) is 0 Å². The fourth-order valence-corrected chi connectivity index (χ4v) is 3.45. The van der Waals surface area contributed by atoms with Crippen LogP contribution in [0.25, 0.3) is 11.4 Å². The summed E-state index contributed by atoms with van der Waals surface area (Å²) in [6.45, 7) is 1.97. The van der Waals surface area contributed by atoms with Gasteiger partial charge in [0.05, 0.1) is 0 Å². The Morgan fingerprint density at radius 1 is 1.35 bits per heavy atom. The third-order valence-electron chi connectivity index (χ3n) is 3.16. The van der Waals surface area contributed by atoms with E-state index in [4.69, 9.17) is 10.7 Å². The molecule has 1 saturated carbocycles. The zero-order chi connectivity index (χ0) is 14.5. The van der Waals surface area contributed by atoms with Crippen LogP contribution in [0.5, 0.6) is 0 Å². The van der Waals surface area contributed by atoms with Gasteiger partial charge in [-0.15, -0.1) is 10.2 Å². The quantitative estimate of drug-likeness (QED) is 0.771. The van der Waals surface area contributed by atoms with Crippen LogP contribution in [-0.4, -0.2) is 23.2 Å². The van der Waals surface area contributed by atoms with Crippen molar-refractivity contribution in [3.05, 3.63) is 28.2 Å². The van der Waals surface area contributed by atoms with Crippen molar-refractivity contribution in [3.63, 3.8) is 0 Å². The predicted molar refractivity (Wildman–Crippen MR) is 79.2 cm³/mol. The van der Waals surface area contributed by atoms with Crippen LogP contribution in [0.2, 0.25) is 0 Å². The Labute approximate surface area is 129 Å². The minimum Gasteiger partial charge on any atom is -0.294 e. The third-order valence-corrected chi connectivity index (χ3v) is 4.98. The van der Waals surface area contributed by atoms with Crippen LogP contribution in [0.15, 0.2) is 27.8 Å². The Morgan fingerprint density at radius 3 is 2.65 bits per heavy atom. The molecule has 0 spiro atoms. The van der Waals surface area contributed by atoms with E-state index in [0.717, 1.165) is 28.4 Å². The Hall–Kier alpha value is -0.920. The van der Waals surface area contributed by atoms with E-state index >= 15 is 0 Å². The SMILES string of the molecule is Cc1ccc(Br)c(-c2nnc(S(=O)(=O)Cl)n2C2CC2)c1. The summed E-state index contributed by atoms with van der Waals surface area (Å²) in [6, 6.07) is 5.92. The predicted octanol–water partition coefficient (Wildman–Crippen LogP) is 3.28. The van der Waals surface area contributed by atoms with Crippen LogP contribution in [0, 0.1) is 6.92 Å². The lowest BCUT2D eigenvalue weighted by Crippen LogP contribution is -2.06. The summed E-state index contributed by atoms with van der Waals surface area (Å²) in [5.41, 5.74) is 1.87. The first-order chi connectivity index (χ1) is 9.38. The molecule has 1 aromatic heterocycles. The molecule has 20 heavy (non-hydrogen) atoms. The zero-order valence-electron chi connectivity index (χ0n) is 10.5. The fourth-order valence-electron chi connectivity index (χ4n) is 2.10. The lowest BCUT2D eigenvalue weighted by Gasteiger charge is -2.09. The summed E-state index contributed by atoms with van der Waals surface area (Å²) < 4.78 is 25.7. The van der Waals surface area contributed by atoms with Gasteiger partial charge in [-0.2, -0.15) is 0 Å². The molecule has 0 amide bonds. The highest BCUT2D eigenvalue weighted by molar-refractivity contribution is 9.10. The minimum absolute atomic E-state index is 0.107. The molecule has 1 aromatic carbocycles. The number of aromatic nitrogens is 3. The molecular weight excluding hydrogens is 366 g/mol. The highest BCUT2D eigenvalue weighted by atomic mass is 79.9. The van der Waals surface area contributed by atoms with Gasteiger partial charge in [-0.1, -0.05) is 27.6 Å². The zero-order valence-corrected chi connectivity index (χ0v) is 13.7. The molecule has 0 unspecified atom stereocenters. The van der Waals surface area contributed by atoms with E-state index in [-0.39, 0.29) is 11.2 Å². The molecule has 5 nitrogen and oxygen atoms in total. The highest BCUT2D eigenvalue weighted by Crippen LogP contribution is 2.41. The molecule has 8 heteroatoms. The first-order valence-corrected chi connectivity index (χ1v) is 9.14. The maximum Gasteiger partial charge on any atom is 0.296 e. The molecule has 106 valence electrons. The Bertz CT molecular complexity index is 784. The van der Waals surface area contributed by atoms with Crippen molar-refractivity contribution in [2.75, 3.05) is 0 Å². The first kappa shape index (κ1) is 14.0. The molecule has 1 fully saturated rings. The second-order valence-electron chi connectivity index (χ2n) is 4.83. The van der Waals surface area contributed by atoms with Crippen LogP contribution >= 0.6 is 26.6 Å². The molecular formula is C12H11BrClN3O2S. The van der Waals surface area contributed by atoms with E-state index in [0.29, 0.717) is 5.82 Å². The fraction of sp³-hybridized carbons (Fsp3) is 0.333. The number of benzene rings is 1. The first-order valence-electron chi connectivity index (χ1n) is 6.04. The summed E-state index contributed by atoms with van der Waals surface area (Å²) >= 11 is 3.47. The largest absolute Gasteiger partial charge is 0.296 e. The van der Waals surface area contributed by atoms with E-state index in [1.54, 1.807) is 4.57 Å². The van der Waals surface area contributed by atoms with E-state index in [9.17, 15) is 8.42 Å². The summed E-state index contributed by atoms with van der Waals surface area (Å²) in [4.78, 5) is 0. The molecule has 0 radical (unpaired) electrons. The standard InChI is InChI=1S/C12H11BrClN3O2S/c1-7-2-5-10(13)9(6-7)11-15-16-12(20(14,18)19)17(11)8-3-4-8/h2,5-6,8H,3-4H2,1H3. The van der Waals surface area contributed by atoms with Crippen molar-refractivity contribution < 1.29 is 8.42 Å². The van der Waals surface area contributed by atoms with Crippen LogP contribution < -0.4 is 0 Å². The smallest absolute Gasteiger partial charge is 0.294 e. The molecule has 0 N–H and O–H groups in total. The molecule has 1 heterocycles. The number of hydrogen-bond donors (Lipinski definition) is 0. The van der Waals surface area contributed by atoms with Crippen molar-refractivity contribution in [2.45, 2.75) is 31.0 Å². The van der Waals surface area contributed by atoms with Gasteiger partial charge >= 0.3 is 0 Å². The minimum atomic E-state index is -3.90. The van der Waals surface area contributed by atoms with E-state index in [2.05, 4.69) is 26.1 Å². The van der Waals surface area contributed by atoms with Gasteiger partial charge in [0.2, 0.25) is 0 Å². The summed E-state index contributed by atoms with van der Waals surface area (Å²) in [5, 5.41) is 7.63. The van der Waals surface area contributed by atoms with E-state index in [1.807, 2.05) is 25.1 Å². The Kier molecular flexibility index (Phi) is 3.38. The molecule has 1 aliphatic rings. The molecule has 1 aliphatic carbocycles. The summed E-state index contributed by atoms with van der Waals surface area (Å²) in [7, 11) is 1.54. The maximum absolute atomic E-state index is 11.6. The van der Waals surface area contributed by atoms with Gasteiger partial charge in [0.15, 0.2) is 5.82 Å². The highest BCUT2D eigenvalue weighted by Gasteiger charge is 2.34. The molecule has 2 aromatic rings. The van der Waals surface area contributed by atoms with E-state index < -0.39 is 9.05 Å². The third kappa shape index (κ3) is 2.49. The lowest BCUT2D eigenvalue weighted by molar-refractivity contribution is 0.579. The van der Waals surface area contributed by atoms with Crippen LogP contribution in [-0.2, 0) is 9.05 Å². The van der Waals surface area contributed by atoms with Gasteiger partial charge in [0, 0.05) is 26.8 Å². The van der Waals surface area contributed by atoms with Gasteiger partial charge in [-0.05, 0) is 31.9 Å². The van der Waals surface area contributed by atoms with Gasteiger partial charge in [0.25, 0.3) is 14.2 Å². The monoisotopic (exact) mass is 375 g/mol. The van der Waals surface area contributed by atoms with Crippen LogP contribution in [0.4, 0.5) is 0 Å². The van der Waals surface area contributed by atoms with Gasteiger partial charge in [-0.25, -0.2) is 8.42 Å². The average Bonchev–Trinajstić information content (AvgIpc) is 3.09. The summed E-state index contributed by atoms with van der Waals surface area (Å²) in [6.07, 6.45) is 1.82. The molecule has 3 rings (SSSR count). The average molecular weight is 377 g/mol. The van der Waals surface area contributed by atoms with Gasteiger partial charge in [0.1, 0.15) is 0 Å². The van der Waals surface area contributed by atoms with Crippen molar-refractivity contribution >= 4 is 35.7 Å². The normalized spacial score (nSPS) is 15.6. The van der Waals surface area contributed by atoms with Crippen LogP contribution in [0.1, 0.15) is 24.4 Å². The second kappa shape index (κ2) is 4.82. The topological polar surface area (TPSA) is 64.8 Å². The number of nitrogens with zero attached hydrogens (tertiary/aromatic N) is 3. The van der Waals surface area contributed by atoms with Gasteiger partial charge < -0.3 is 0 Å². The van der Waals surface area contributed by atoms with Crippen molar-refractivity contribution in [1.82, 2.24) is 14.8 Å². The Morgan fingerprint density at radius 2 is 2.05 bits per heavy atom. The molecule has 0 atom stereocenters. The van der Waals surface area contributed by atoms with Crippen molar-refractivity contribution in [3.8, 4) is 11.4 Å². The number of aryl methyl sites for hydroxylation is 1. The van der Waals surface area contributed by atoms with E-state index in [1.165, 1.54) is 0 Å². The van der Waals surface area contributed by atoms with Crippen molar-refractivity contribution in [2.24, 2.45) is 0 Å². The maximum atomic E-state index is 11.6. The summed E-state index contributed by atoms with van der Waals surface area (Å²) in [5.74, 6) is 0.530. The number of rotatable bonds is 3. The molecule has 0 saturated heterocycles. The lowest BCUT2D eigenvalue weighted by atomic mass is 10.1. The molecule has 0 bridgehead atoms. The number of hydrogen-bond acceptors (Lipinski definition) is 4. The second-order valence-corrected chi connectivity index (χ2v) is 8.14. The van der Waals surface area contributed by atoms with Crippen molar-refractivity contribution in [1.29, 1.82) is 0 Å². The molecule has 0 aliphatic heterocycles. The number of halogens is 2. The van der Waals surface area contributed by atoms with Gasteiger partial charge in [-0.3, -0.25) is 4.57 Å².